The van der Waals surface area contributed by atoms with Crippen LogP contribution in [0.3, 0.4) is 0 Å². The summed E-state index contributed by atoms with van der Waals surface area (Å²) in [6.07, 6.45) is 2.85. The Balaban J connectivity index is 1.48. The van der Waals surface area contributed by atoms with Gasteiger partial charge in [-0.3, -0.25) is 4.79 Å². The highest BCUT2D eigenvalue weighted by Gasteiger charge is 2.24. The van der Waals surface area contributed by atoms with Crippen LogP contribution in [-0.2, 0) is 17.8 Å². The van der Waals surface area contributed by atoms with E-state index in [0.717, 1.165) is 41.5 Å². The van der Waals surface area contributed by atoms with E-state index in [1.54, 1.807) is 0 Å². The van der Waals surface area contributed by atoms with Crippen LogP contribution in [-0.4, -0.2) is 11.1 Å². The molecule has 0 radical (unpaired) electrons. The molecule has 1 aliphatic heterocycles. The molecule has 33 heavy (non-hydrogen) atoms. The van der Waals surface area contributed by atoms with Gasteiger partial charge in [-0.05, 0) is 116 Å². The van der Waals surface area contributed by atoms with Gasteiger partial charge < -0.3 is 10.1 Å². The Kier molecular flexibility index (Phi) is 8.32. The highest BCUT2D eigenvalue weighted by atomic mass is 127. The molecule has 0 spiro atoms. The Bertz CT molecular complexity index is 1220. The molecule has 0 aromatic heterocycles. The Morgan fingerprint density at radius 2 is 1.76 bits per heavy atom. The number of hydrogen-bond donors (Lipinski definition) is 1. The fraction of sp³-hybridized carbons (Fsp3) is 0.120. The van der Waals surface area contributed by atoms with E-state index < -0.39 is 0 Å². The van der Waals surface area contributed by atoms with E-state index in [4.69, 9.17) is 4.74 Å². The van der Waals surface area contributed by atoms with Gasteiger partial charge in [-0.1, -0.05) is 47.1 Å². The highest BCUT2D eigenvalue weighted by molar-refractivity contribution is 14.1. The molecule has 1 heterocycles. The molecule has 1 amide bonds. The number of carbonyl (C=O) groups is 1. The number of rotatable bonds is 6. The van der Waals surface area contributed by atoms with E-state index in [2.05, 4.69) is 83.8 Å². The zero-order chi connectivity index (χ0) is 23.4. The van der Waals surface area contributed by atoms with Crippen molar-refractivity contribution in [2.24, 2.45) is 4.99 Å². The second kappa shape index (κ2) is 11.2. The molecule has 168 valence electrons. The molecule has 8 heteroatoms. The molecule has 1 saturated heterocycles. The van der Waals surface area contributed by atoms with Crippen LogP contribution in [0.25, 0.3) is 6.08 Å². The van der Waals surface area contributed by atoms with Crippen molar-refractivity contribution in [2.75, 3.05) is 0 Å². The monoisotopic (exact) mass is 696 g/mol. The predicted molar refractivity (Wildman–Crippen MR) is 152 cm³/mol. The van der Waals surface area contributed by atoms with Gasteiger partial charge in [0.25, 0.3) is 5.91 Å². The maximum atomic E-state index is 12.5. The second-order valence-corrected chi connectivity index (χ2v) is 11.2. The van der Waals surface area contributed by atoms with Crippen LogP contribution in [0.4, 0.5) is 5.69 Å². The molecule has 4 nitrogen and oxygen atoms in total. The summed E-state index contributed by atoms with van der Waals surface area (Å²) in [7, 11) is 0. The number of halogens is 3. The number of aryl methyl sites for hydroxylation is 1. The van der Waals surface area contributed by atoms with Gasteiger partial charge in [0.2, 0.25) is 0 Å². The fourth-order valence-corrected chi connectivity index (χ4v) is 5.97. The Morgan fingerprint density at radius 1 is 1.06 bits per heavy atom. The minimum Gasteiger partial charge on any atom is -0.487 e. The zero-order valence-electron chi connectivity index (χ0n) is 17.6. The van der Waals surface area contributed by atoms with Gasteiger partial charge in [0.05, 0.1) is 18.6 Å². The molecule has 0 unspecified atom stereocenters. The van der Waals surface area contributed by atoms with Crippen molar-refractivity contribution in [3.63, 3.8) is 0 Å². The van der Waals surface area contributed by atoms with Crippen molar-refractivity contribution in [1.29, 1.82) is 0 Å². The third-order valence-corrected chi connectivity index (χ3v) is 7.67. The second-order valence-electron chi connectivity index (χ2n) is 7.23. The van der Waals surface area contributed by atoms with E-state index in [-0.39, 0.29) is 5.91 Å². The third kappa shape index (κ3) is 6.49. The number of benzene rings is 3. The average molecular weight is 698 g/mol. The van der Waals surface area contributed by atoms with Crippen molar-refractivity contribution < 1.29 is 9.53 Å². The number of nitrogens with one attached hydrogen (secondary N) is 1. The summed E-state index contributed by atoms with van der Waals surface area (Å²) in [6.45, 7) is 2.59. The molecule has 0 atom stereocenters. The van der Waals surface area contributed by atoms with Gasteiger partial charge >= 0.3 is 0 Å². The number of aliphatic imine (C=N–C) groups is 1. The quantitative estimate of drug-likeness (QED) is 0.211. The van der Waals surface area contributed by atoms with Crippen LogP contribution in [0.15, 0.2) is 79.5 Å². The summed E-state index contributed by atoms with van der Waals surface area (Å²) in [5.74, 6) is 0.632. The first kappa shape index (κ1) is 24.5. The maximum Gasteiger partial charge on any atom is 0.264 e. The summed E-state index contributed by atoms with van der Waals surface area (Å²) >= 11 is 10.7. The SMILES string of the molecule is CCc1ccc(N=C2NC(=O)/C(=C/c3cc(Br)c(OCc4ccc(Br)cc4)c(I)c3)S2)cc1. The first-order valence-corrected chi connectivity index (χ1v) is 13.6. The maximum absolute atomic E-state index is 12.5. The smallest absolute Gasteiger partial charge is 0.264 e. The number of nitrogens with zero attached hydrogens (tertiary/aromatic N) is 1. The number of carbonyl (C=O) groups excluding carboxylic acids is 1. The van der Waals surface area contributed by atoms with Gasteiger partial charge in [0.1, 0.15) is 12.4 Å². The summed E-state index contributed by atoms with van der Waals surface area (Å²) in [6, 6.07) is 20.0. The number of thioether (sulfide) groups is 1. The van der Waals surface area contributed by atoms with E-state index in [0.29, 0.717) is 16.7 Å². The highest BCUT2D eigenvalue weighted by Crippen LogP contribution is 2.35. The molecule has 1 aliphatic rings. The van der Waals surface area contributed by atoms with E-state index in [9.17, 15) is 4.79 Å². The Morgan fingerprint density at radius 3 is 2.42 bits per heavy atom. The molecule has 4 rings (SSSR count). The van der Waals surface area contributed by atoms with Crippen LogP contribution in [0.1, 0.15) is 23.6 Å². The topological polar surface area (TPSA) is 50.7 Å². The zero-order valence-corrected chi connectivity index (χ0v) is 23.7. The van der Waals surface area contributed by atoms with E-state index in [1.165, 1.54) is 17.3 Å². The lowest BCUT2D eigenvalue weighted by Gasteiger charge is -2.12. The number of amides is 1. The molecule has 3 aromatic rings. The molecule has 1 N–H and O–H groups in total. The van der Waals surface area contributed by atoms with Crippen molar-refractivity contribution >= 4 is 89.1 Å². The molecule has 0 saturated carbocycles. The number of hydrogen-bond acceptors (Lipinski definition) is 4. The van der Waals surface area contributed by atoms with Crippen LogP contribution in [0.2, 0.25) is 0 Å². The van der Waals surface area contributed by atoms with Crippen molar-refractivity contribution in [3.8, 4) is 5.75 Å². The summed E-state index contributed by atoms with van der Waals surface area (Å²) in [5, 5.41) is 3.43. The predicted octanol–water partition coefficient (Wildman–Crippen LogP) is 7.85. The van der Waals surface area contributed by atoms with Crippen LogP contribution in [0, 0.1) is 3.57 Å². The van der Waals surface area contributed by atoms with Crippen molar-refractivity contribution in [3.05, 3.63) is 94.8 Å². The lowest BCUT2D eigenvalue weighted by atomic mass is 10.2. The largest absolute Gasteiger partial charge is 0.487 e. The number of amidine groups is 1. The first-order chi connectivity index (χ1) is 15.9. The first-order valence-electron chi connectivity index (χ1n) is 10.2. The standard InChI is InChI=1S/C25H19Br2IN2O2S/c1-2-15-5-9-19(10-6-15)29-25-30-24(31)22(33-25)13-17-11-20(27)23(21(28)12-17)32-14-16-3-7-18(26)8-4-16/h3-13H,2,14H2,1H3,(H,29,30,31)/b22-13-. The van der Waals surface area contributed by atoms with Gasteiger partial charge in [-0.15, -0.1) is 0 Å². The van der Waals surface area contributed by atoms with Crippen LogP contribution < -0.4 is 10.1 Å². The van der Waals surface area contributed by atoms with E-state index >= 15 is 0 Å². The minimum absolute atomic E-state index is 0.148. The van der Waals surface area contributed by atoms with Gasteiger partial charge in [0.15, 0.2) is 5.17 Å². The van der Waals surface area contributed by atoms with Crippen molar-refractivity contribution in [1.82, 2.24) is 5.32 Å². The molecule has 0 aliphatic carbocycles. The summed E-state index contributed by atoms with van der Waals surface area (Å²) < 4.78 is 8.88. The molecule has 0 bridgehead atoms. The van der Waals surface area contributed by atoms with Gasteiger partial charge in [-0.2, -0.15) is 0 Å². The summed E-state index contributed by atoms with van der Waals surface area (Å²) in [4.78, 5) is 17.6. The minimum atomic E-state index is -0.148. The van der Waals surface area contributed by atoms with Gasteiger partial charge in [0, 0.05) is 4.47 Å². The lowest BCUT2D eigenvalue weighted by molar-refractivity contribution is -0.115. The normalized spacial score (nSPS) is 15.8. The molecule has 1 fully saturated rings. The Hall–Kier alpha value is -1.62. The third-order valence-electron chi connectivity index (χ3n) is 4.84. The van der Waals surface area contributed by atoms with Gasteiger partial charge in [-0.25, -0.2) is 4.99 Å². The van der Waals surface area contributed by atoms with E-state index in [1.807, 2.05) is 54.6 Å². The fourth-order valence-electron chi connectivity index (χ4n) is 3.09. The number of ether oxygens (including phenoxy) is 1. The Labute approximate surface area is 227 Å². The molecular weight excluding hydrogens is 679 g/mol. The van der Waals surface area contributed by atoms with Crippen LogP contribution >= 0.6 is 66.2 Å². The van der Waals surface area contributed by atoms with Crippen molar-refractivity contribution in [2.45, 2.75) is 20.0 Å². The lowest BCUT2D eigenvalue weighted by Crippen LogP contribution is -2.19. The molecular formula is C25H19Br2IN2O2S. The van der Waals surface area contributed by atoms with Crippen LogP contribution in [0.5, 0.6) is 5.75 Å². The average Bonchev–Trinajstić information content (AvgIpc) is 3.13. The summed E-state index contributed by atoms with van der Waals surface area (Å²) in [5.41, 5.74) is 4.07. The molecule has 3 aromatic carbocycles.